The summed E-state index contributed by atoms with van der Waals surface area (Å²) in [4.78, 5) is 24.7. The summed E-state index contributed by atoms with van der Waals surface area (Å²) in [7, 11) is 0. The van der Waals surface area contributed by atoms with Gasteiger partial charge in [-0.05, 0) is 52.7 Å². The molecule has 2 unspecified atom stereocenters. The Morgan fingerprint density at radius 1 is 1.07 bits per heavy atom. The van der Waals surface area contributed by atoms with Crippen LogP contribution in [0.4, 0.5) is 0 Å². The molecule has 1 aromatic carbocycles. The number of carbonyl (C=O) groups excluding carboxylic acids is 1. The minimum Gasteiger partial charge on any atom is -0.490 e. The summed E-state index contributed by atoms with van der Waals surface area (Å²) in [5, 5.41) is 12.5. The van der Waals surface area contributed by atoms with Gasteiger partial charge in [0.05, 0.1) is 31.3 Å². The highest BCUT2D eigenvalue weighted by Gasteiger charge is 2.42. The third kappa shape index (κ3) is 4.88. The van der Waals surface area contributed by atoms with Gasteiger partial charge < -0.3 is 24.6 Å². The Bertz CT molecular complexity index is 677. The van der Waals surface area contributed by atoms with Gasteiger partial charge in [0.2, 0.25) is 5.75 Å². The van der Waals surface area contributed by atoms with Crippen molar-refractivity contribution in [2.45, 2.75) is 58.9 Å². The quantitative estimate of drug-likeness (QED) is 0.665. The molecule has 2 atom stereocenters. The summed E-state index contributed by atoms with van der Waals surface area (Å²) >= 11 is 0. The molecule has 7 heteroatoms. The Morgan fingerprint density at radius 3 is 2.14 bits per heavy atom. The predicted molar refractivity (Wildman–Crippen MR) is 105 cm³/mol. The molecule has 28 heavy (non-hydrogen) atoms. The molecule has 0 aliphatic heterocycles. The number of rotatable bonds is 9. The summed E-state index contributed by atoms with van der Waals surface area (Å²) in [5.41, 5.74) is -0.441. The molecule has 2 N–H and O–H groups in total. The van der Waals surface area contributed by atoms with Crippen molar-refractivity contribution in [1.82, 2.24) is 5.32 Å². The van der Waals surface area contributed by atoms with Crippen LogP contribution in [0.25, 0.3) is 0 Å². The van der Waals surface area contributed by atoms with Crippen LogP contribution in [0.1, 0.15) is 63.7 Å². The SMILES string of the molecule is CCOc1cc(C(=O)NC2(C)CCCCC2C(=O)O)cc(OCC)c1OCC. The Balaban J connectivity index is 2.36. The fourth-order valence-corrected chi connectivity index (χ4v) is 3.73. The van der Waals surface area contributed by atoms with Crippen molar-refractivity contribution in [1.29, 1.82) is 0 Å². The number of nitrogens with one attached hydrogen (secondary N) is 1. The number of benzene rings is 1. The molecule has 0 bridgehead atoms. The second-order valence-electron chi connectivity index (χ2n) is 7.11. The molecule has 7 nitrogen and oxygen atoms in total. The molecule has 1 fully saturated rings. The predicted octanol–water partition coefficient (Wildman–Crippen LogP) is 3.65. The monoisotopic (exact) mass is 393 g/mol. The fraction of sp³-hybridized carbons (Fsp3) is 0.619. The van der Waals surface area contributed by atoms with E-state index in [1.54, 1.807) is 12.1 Å². The van der Waals surface area contributed by atoms with Crippen LogP contribution >= 0.6 is 0 Å². The van der Waals surface area contributed by atoms with Gasteiger partial charge in [0.25, 0.3) is 5.91 Å². The van der Waals surface area contributed by atoms with Crippen LogP contribution < -0.4 is 19.5 Å². The van der Waals surface area contributed by atoms with Crippen molar-refractivity contribution in [2.24, 2.45) is 5.92 Å². The number of aliphatic carboxylic acids is 1. The van der Waals surface area contributed by atoms with Crippen LogP contribution in [0, 0.1) is 5.92 Å². The lowest BCUT2D eigenvalue weighted by molar-refractivity contribution is -0.145. The number of amides is 1. The highest BCUT2D eigenvalue weighted by molar-refractivity contribution is 5.96. The van der Waals surface area contributed by atoms with Crippen molar-refractivity contribution in [3.05, 3.63) is 17.7 Å². The average molecular weight is 393 g/mol. The van der Waals surface area contributed by atoms with Crippen molar-refractivity contribution < 1.29 is 28.9 Å². The lowest BCUT2D eigenvalue weighted by Crippen LogP contribution is -2.55. The Hall–Kier alpha value is -2.44. The van der Waals surface area contributed by atoms with Crippen LogP contribution in [0.3, 0.4) is 0 Å². The van der Waals surface area contributed by atoms with Crippen molar-refractivity contribution in [3.63, 3.8) is 0 Å². The maximum atomic E-state index is 13.0. The molecule has 1 aliphatic rings. The first-order valence-corrected chi connectivity index (χ1v) is 9.98. The number of hydrogen-bond donors (Lipinski definition) is 2. The summed E-state index contributed by atoms with van der Waals surface area (Å²) in [5.74, 6) is -0.492. The zero-order valence-electron chi connectivity index (χ0n) is 17.2. The second kappa shape index (κ2) is 9.66. The van der Waals surface area contributed by atoms with Crippen LogP contribution in [-0.4, -0.2) is 42.3 Å². The number of ether oxygens (including phenoxy) is 3. The van der Waals surface area contributed by atoms with E-state index in [0.29, 0.717) is 55.5 Å². The van der Waals surface area contributed by atoms with Gasteiger partial charge in [0, 0.05) is 5.56 Å². The molecule has 1 aromatic rings. The van der Waals surface area contributed by atoms with E-state index >= 15 is 0 Å². The fourth-order valence-electron chi connectivity index (χ4n) is 3.73. The Kier molecular flexibility index (Phi) is 7.54. The first-order valence-electron chi connectivity index (χ1n) is 9.98. The molecule has 1 aliphatic carbocycles. The normalized spacial score (nSPS) is 21.6. The van der Waals surface area contributed by atoms with Crippen LogP contribution in [0.15, 0.2) is 12.1 Å². The van der Waals surface area contributed by atoms with E-state index in [1.807, 2.05) is 27.7 Å². The van der Waals surface area contributed by atoms with Gasteiger partial charge in [-0.25, -0.2) is 0 Å². The highest BCUT2D eigenvalue weighted by atomic mass is 16.5. The van der Waals surface area contributed by atoms with Crippen molar-refractivity contribution in [3.8, 4) is 17.2 Å². The average Bonchev–Trinajstić information content (AvgIpc) is 2.64. The minimum atomic E-state index is -0.876. The third-order valence-corrected chi connectivity index (χ3v) is 5.08. The topological polar surface area (TPSA) is 94.1 Å². The molecule has 0 aromatic heterocycles. The second-order valence-corrected chi connectivity index (χ2v) is 7.11. The zero-order chi connectivity index (χ0) is 20.7. The van der Waals surface area contributed by atoms with Crippen LogP contribution in [0.2, 0.25) is 0 Å². The Morgan fingerprint density at radius 2 is 1.64 bits per heavy atom. The van der Waals surface area contributed by atoms with Crippen molar-refractivity contribution >= 4 is 11.9 Å². The van der Waals surface area contributed by atoms with Gasteiger partial charge in [-0.1, -0.05) is 12.8 Å². The number of carboxylic acid groups (broad SMARTS) is 1. The van der Waals surface area contributed by atoms with Crippen LogP contribution in [0.5, 0.6) is 17.2 Å². The van der Waals surface area contributed by atoms with Crippen molar-refractivity contribution in [2.75, 3.05) is 19.8 Å². The van der Waals surface area contributed by atoms with E-state index in [2.05, 4.69) is 5.32 Å². The summed E-state index contributed by atoms with van der Waals surface area (Å²) in [6.07, 6.45) is 2.93. The van der Waals surface area contributed by atoms with E-state index in [4.69, 9.17) is 14.2 Å². The molecular weight excluding hydrogens is 362 g/mol. The minimum absolute atomic E-state index is 0.347. The largest absolute Gasteiger partial charge is 0.490 e. The molecule has 156 valence electrons. The van der Waals surface area contributed by atoms with Gasteiger partial charge >= 0.3 is 5.97 Å². The number of carbonyl (C=O) groups is 2. The molecule has 0 heterocycles. The molecule has 1 amide bonds. The maximum absolute atomic E-state index is 13.0. The van der Waals surface area contributed by atoms with E-state index in [-0.39, 0.29) is 5.91 Å². The number of carboxylic acids is 1. The van der Waals surface area contributed by atoms with E-state index in [9.17, 15) is 14.7 Å². The molecule has 0 radical (unpaired) electrons. The lowest BCUT2D eigenvalue weighted by Gasteiger charge is -2.39. The van der Waals surface area contributed by atoms with E-state index < -0.39 is 17.4 Å². The van der Waals surface area contributed by atoms with Gasteiger partial charge in [-0.3, -0.25) is 9.59 Å². The highest BCUT2D eigenvalue weighted by Crippen LogP contribution is 2.40. The maximum Gasteiger partial charge on any atom is 0.308 e. The molecule has 0 saturated heterocycles. The Labute approximate surface area is 166 Å². The first-order chi connectivity index (χ1) is 13.4. The first kappa shape index (κ1) is 21.9. The lowest BCUT2D eigenvalue weighted by atomic mass is 9.73. The summed E-state index contributed by atoms with van der Waals surface area (Å²) in [6.45, 7) is 8.63. The molecule has 2 rings (SSSR count). The van der Waals surface area contributed by atoms with Gasteiger partial charge in [-0.2, -0.15) is 0 Å². The molecular formula is C21H31NO6. The summed E-state index contributed by atoms with van der Waals surface area (Å²) in [6, 6.07) is 3.24. The van der Waals surface area contributed by atoms with E-state index in [0.717, 1.165) is 12.8 Å². The summed E-state index contributed by atoms with van der Waals surface area (Å²) < 4.78 is 17.0. The zero-order valence-corrected chi connectivity index (χ0v) is 17.2. The number of hydrogen-bond acceptors (Lipinski definition) is 5. The smallest absolute Gasteiger partial charge is 0.308 e. The van der Waals surface area contributed by atoms with Gasteiger partial charge in [0.1, 0.15) is 0 Å². The van der Waals surface area contributed by atoms with Crippen LogP contribution in [-0.2, 0) is 4.79 Å². The van der Waals surface area contributed by atoms with E-state index in [1.165, 1.54) is 0 Å². The molecule has 1 saturated carbocycles. The molecule has 0 spiro atoms. The van der Waals surface area contributed by atoms with Gasteiger partial charge in [-0.15, -0.1) is 0 Å². The standard InChI is InChI=1S/C21H31NO6/c1-5-26-16-12-14(13-17(27-6-2)18(16)28-7-3)19(23)22-21(4)11-9-8-10-15(21)20(24)25/h12-13,15H,5-11H2,1-4H3,(H,22,23)(H,24,25). The van der Waals surface area contributed by atoms with Gasteiger partial charge in [0.15, 0.2) is 11.5 Å². The third-order valence-electron chi connectivity index (χ3n) is 5.08.